The maximum atomic E-state index is 12.8. The molecule has 1 heterocycles. The van der Waals surface area contributed by atoms with Crippen LogP contribution in [0.3, 0.4) is 0 Å². The lowest BCUT2D eigenvalue weighted by Crippen LogP contribution is -2.28. The van der Waals surface area contributed by atoms with E-state index < -0.39 is 0 Å². The van der Waals surface area contributed by atoms with Crippen molar-refractivity contribution in [3.8, 4) is 0 Å². The zero-order valence-electron chi connectivity index (χ0n) is 12.2. The van der Waals surface area contributed by atoms with Gasteiger partial charge in [-0.1, -0.05) is 35.1 Å². The molecule has 2 N–H and O–H groups in total. The number of rotatable bonds is 3. The first kappa shape index (κ1) is 15.7. The van der Waals surface area contributed by atoms with Gasteiger partial charge >= 0.3 is 6.03 Å². The Kier molecular flexibility index (Phi) is 4.45. The minimum Gasteiger partial charge on any atom is -0.334 e. The smallest absolute Gasteiger partial charge is 0.321 e. The van der Waals surface area contributed by atoms with E-state index in [1.54, 1.807) is 12.1 Å². The number of amides is 2. The average molecular weight is 350 g/mol. The van der Waals surface area contributed by atoms with Crippen molar-refractivity contribution >= 4 is 44.3 Å². The topological polar surface area (TPSA) is 54.0 Å². The second-order valence-corrected chi connectivity index (χ2v) is 6.41. The molecule has 23 heavy (non-hydrogen) atoms. The van der Waals surface area contributed by atoms with Gasteiger partial charge in [-0.25, -0.2) is 14.2 Å². The van der Waals surface area contributed by atoms with E-state index in [0.717, 1.165) is 21.3 Å². The highest BCUT2D eigenvalue weighted by molar-refractivity contribution is 7.22. The van der Waals surface area contributed by atoms with Crippen molar-refractivity contribution in [1.29, 1.82) is 0 Å². The molecule has 0 aliphatic heterocycles. The lowest BCUT2D eigenvalue weighted by Gasteiger charge is -2.05. The number of fused-ring (bicyclic) bond motifs is 1. The van der Waals surface area contributed by atoms with Gasteiger partial charge in [-0.3, -0.25) is 5.32 Å². The van der Waals surface area contributed by atoms with Crippen LogP contribution < -0.4 is 10.6 Å². The van der Waals surface area contributed by atoms with Crippen molar-refractivity contribution in [1.82, 2.24) is 10.3 Å². The van der Waals surface area contributed by atoms with E-state index in [1.807, 2.05) is 19.1 Å². The third kappa shape index (κ3) is 3.60. The van der Waals surface area contributed by atoms with E-state index in [0.29, 0.717) is 16.7 Å². The highest BCUT2D eigenvalue weighted by Crippen LogP contribution is 2.31. The average Bonchev–Trinajstić information content (AvgIpc) is 2.94. The number of anilines is 1. The Morgan fingerprint density at radius 3 is 2.74 bits per heavy atom. The van der Waals surface area contributed by atoms with Crippen molar-refractivity contribution in [2.45, 2.75) is 13.5 Å². The molecular weight excluding hydrogens is 337 g/mol. The lowest BCUT2D eigenvalue weighted by molar-refractivity contribution is 0.251. The van der Waals surface area contributed by atoms with Crippen LogP contribution in [0.25, 0.3) is 10.2 Å². The molecule has 0 saturated carbocycles. The van der Waals surface area contributed by atoms with Crippen LogP contribution in [0, 0.1) is 12.7 Å². The third-order valence-electron chi connectivity index (χ3n) is 3.33. The molecule has 0 spiro atoms. The van der Waals surface area contributed by atoms with E-state index >= 15 is 0 Å². The second kappa shape index (κ2) is 6.52. The van der Waals surface area contributed by atoms with Crippen LogP contribution in [0.2, 0.25) is 5.02 Å². The van der Waals surface area contributed by atoms with Crippen LogP contribution in [0.4, 0.5) is 14.3 Å². The summed E-state index contributed by atoms with van der Waals surface area (Å²) in [5.74, 6) is -0.304. The van der Waals surface area contributed by atoms with Gasteiger partial charge in [0.2, 0.25) is 0 Å². The molecule has 0 bridgehead atoms. The van der Waals surface area contributed by atoms with Gasteiger partial charge < -0.3 is 5.32 Å². The van der Waals surface area contributed by atoms with Gasteiger partial charge in [0, 0.05) is 11.6 Å². The fourth-order valence-electron chi connectivity index (χ4n) is 2.08. The quantitative estimate of drug-likeness (QED) is 0.719. The monoisotopic (exact) mass is 349 g/mol. The van der Waals surface area contributed by atoms with Crippen LogP contribution in [0.15, 0.2) is 36.4 Å². The van der Waals surface area contributed by atoms with Gasteiger partial charge in [0.1, 0.15) is 5.82 Å². The molecule has 0 fully saturated rings. The molecule has 0 saturated heterocycles. The predicted molar refractivity (Wildman–Crippen MR) is 91.6 cm³/mol. The molecule has 0 atom stereocenters. The number of aromatic nitrogens is 1. The Morgan fingerprint density at radius 1 is 1.26 bits per heavy atom. The molecule has 0 unspecified atom stereocenters. The minimum atomic E-state index is -0.364. The summed E-state index contributed by atoms with van der Waals surface area (Å²) < 4.78 is 13.8. The summed E-state index contributed by atoms with van der Waals surface area (Å²) in [6.45, 7) is 2.20. The summed E-state index contributed by atoms with van der Waals surface area (Å²) >= 11 is 7.45. The number of thiazole rings is 1. The van der Waals surface area contributed by atoms with Crippen molar-refractivity contribution in [2.24, 2.45) is 0 Å². The van der Waals surface area contributed by atoms with E-state index in [-0.39, 0.29) is 11.8 Å². The molecule has 4 nitrogen and oxygen atoms in total. The van der Waals surface area contributed by atoms with Crippen LogP contribution in [0.5, 0.6) is 0 Å². The first-order valence-electron chi connectivity index (χ1n) is 6.88. The van der Waals surface area contributed by atoms with Gasteiger partial charge in [-0.05, 0) is 42.3 Å². The molecule has 3 aromatic rings. The van der Waals surface area contributed by atoms with Crippen LogP contribution in [-0.4, -0.2) is 11.0 Å². The highest BCUT2D eigenvalue weighted by atomic mass is 35.5. The second-order valence-electron chi connectivity index (χ2n) is 4.97. The normalized spacial score (nSPS) is 10.7. The number of aryl methyl sites for hydroxylation is 1. The van der Waals surface area contributed by atoms with E-state index in [2.05, 4.69) is 15.6 Å². The van der Waals surface area contributed by atoms with E-state index in [9.17, 15) is 9.18 Å². The van der Waals surface area contributed by atoms with Gasteiger partial charge in [-0.2, -0.15) is 0 Å². The molecular formula is C16H13ClFN3OS. The molecule has 2 aromatic carbocycles. The summed E-state index contributed by atoms with van der Waals surface area (Å²) in [7, 11) is 0. The van der Waals surface area contributed by atoms with Gasteiger partial charge in [0.15, 0.2) is 5.13 Å². The lowest BCUT2D eigenvalue weighted by atomic mass is 10.2. The first-order valence-corrected chi connectivity index (χ1v) is 8.07. The van der Waals surface area contributed by atoms with Crippen molar-refractivity contribution < 1.29 is 9.18 Å². The molecule has 0 aliphatic carbocycles. The van der Waals surface area contributed by atoms with Crippen LogP contribution >= 0.6 is 22.9 Å². The number of hydrogen-bond acceptors (Lipinski definition) is 3. The molecule has 2 amide bonds. The molecule has 3 rings (SSSR count). The van der Waals surface area contributed by atoms with Crippen molar-refractivity contribution in [2.75, 3.05) is 5.32 Å². The summed E-state index contributed by atoms with van der Waals surface area (Å²) in [6.07, 6.45) is 0. The third-order valence-corrected chi connectivity index (χ3v) is 4.68. The Morgan fingerprint density at radius 2 is 2.00 bits per heavy atom. The molecule has 0 aliphatic rings. The highest BCUT2D eigenvalue weighted by Gasteiger charge is 2.10. The number of nitrogens with zero attached hydrogens (tertiary/aromatic N) is 1. The van der Waals surface area contributed by atoms with Gasteiger partial charge in [-0.15, -0.1) is 0 Å². The molecule has 0 radical (unpaired) electrons. The number of benzene rings is 2. The summed E-state index contributed by atoms with van der Waals surface area (Å²) in [4.78, 5) is 16.3. The van der Waals surface area contributed by atoms with Gasteiger partial charge in [0.25, 0.3) is 0 Å². The fourth-order valence-corrected chi connectivity index (χ4v) is 3.15. The molecule has 7 heteroatoms. The number of carbonyl (C=O) groups is 1. The number of carbonyl (C=O) groups excluding carboxylic acids is 1. The first-order chi connectivity index (χ1) is 11.0. The van der Waals surface area contributed by atoms with Crippen molar-refractivity contribution in [3.63, 3.8) is 0 Å². The Hall–Kier alpha value is -2.18. The Balaban J connectivity index is 1.66. The minimum absolute atomic E-state index is 0.304. The van der Waals surface area contributed by atoms with Crippen LogP contribution in [-0.2, 0) is 6.54 Å². The summed E-state index contributed by atoms with van der Waals surface area (Å²) in [5.41, 5.74) is 2.49. The summed E-state index contributed by atoms with van der Waals surface area (Å²) in [5, 5.41) is 6.56. The number of halogens is 2. The fraction of sp³-hybridized carbons (Fsp3) is 0.125. The van der Waals surface area contributed by atoms with Crippen molar-refractivity contribution in [3.05, 3.63) is 58.4 Å². The van der Waals surface area contributed by atoms with Gasteiger partial charge in [0.05, 0.1) is 10.2 Å². The SMILES string of the molecule is Cc1c(Cl)ccc2sc(NC(=O)NCc3ccc(F)cc3)nc12. The largest absolute Gasteiger partial charge is 0.334 e. The van der Waals surface area contributed by atoms with E-state index in [4.69, 9.17) is 11.6 Å². The maximum Gasteiger partial charge on any atom is 0.321 e. The standard InChI is InChI=1S/C16H13ClFN3OS/c1-9-12(17)6-7-13-14(9)20-16(23-13)21-15(22)19-8-10-2-4-11(18)5-3-10/h2-7H,8H2,1H3,(H2,19,20,21,22). The number of urea groups is 1. The molecule has 1 aromatic heterocycles. The Bertz CT molecular complexity index is 864. The Labute approximate surface area is 141 Å². The predicted octanol–water partition coefficient (Wildman–Crippen LogP) is 4.72. The summed E-state index contributed by atoms with van der Waals surface area (Å²) in [6, 6.07) is 9.29. The zero-order valence-corrected chi connectivity index (χ0v) is 13.8. The van der Waals surface area contributed by atoms with E-state index in [1.165, 1.54) is 23.5 Å². The molecule has 118 valence electrons. The maximum absolute atomic E-state index is 12.8. The van der Waals surface area contributed by atoms with Crippen LogP contribution in [0.1, 0.15) is 11.1 Å². The number of nitrogens with one attached hydrogen (secondary N) is 2. The number of hydrogen-bond donors (Lipinski definition) is 2. The zero-order chi connectivity index (χ0) is 16.4.